The van der Waals surface area contributed by atoms with E-state index in [9.17, 15) is 9.59 Å². The van der Waals surface area contributed by atoms with Crippen LogP contribution in [0.25, 0.3) is 11.0 Å². The molecule has 0 radical (unpaired) electrons. The van der Waals surface area contributed by atoms with E-state index in [1.165, 1.54) is 4.90 Å². The molecule has 2 rings (SSSR count). The zero-order valence-electron chi connectivity index (χ0n) is 13.3. The van der Waals surface area contributed by atoms with E-state index in [1.807, 2.05) is 13.8 Å². The summed E-state index contributed by atoms with van der Waals surface area (Å²) in [6.45, 7) is 5.62. The summed E-state index contributed by atoms with van der Waals surface area (Å²) < 4.78 is 1.63. The SMILES string of the molecule is CCCN(CC(=O)O)C(=O)c1cc(C)nc2c1c(C)nn2C. The molecular formula is C15H20N4O3. The number of carboxylic acids is 1. The van der Waals surface area contributed by atoms with E-state index in [-0.39, 0.29) is 12.5 Å². The van der Waals surface area contributed by atoms with E-state index < -0.39 is 5.97 Å². The van der Waals surface area contributed by atoms with Crippen molar-refractivity contribution in [3.63, 3.8) is 0 Å². The third kappa shape index (κ3) is 2.93. The molecule has 0 aliphatic rings. The molecule has 2 heterocycles. The normalized spacial score (nSPS) is 10.9. The fourth-order valence-corrected chi connectivity index (χ4v) is 2.59. The summed E-state index contributed by atoms with van der Waals surface area (Å²) >= 11 is 0. The zero-order chi connectivity index (χ0) is 16.4. The van der Waals surface area contributed by atoms with Crippen LogP contribution >= 0.6 is 0 Å². The Morgan fingerprint density at radius 1 is 1.36 bits per heavy atom. The number of hydrogen-bond donors (Lipinski definition) is 1. The number of aromatic nitrogens is 3. The molecule has 1 amide bonds. The second-order valence-electron chi connectivity index (χ2n) is 5.34. The number of aliphatic carboxylic acids is 1. The van der Waals surface area contributed by atoms with Gasteiger partial charge in [-0.1, -0.05) is 6.92 Å². The van der Waals surface area contributed by atoms with Crippen molar-refractivity contribution in [3.05, 3.63) is 23.0 Å². The Kier molecular flexibility index (Phi) is 4.44. The second-order valence-corrected chi connectivity index (χ2v) is 5.34. The Morgan fingerprint density at radius 3 is 2.64 bits per heavy atom. The Balaban J connectivity index is 2.56. The molecular weight excluding hydrogens is 284 g/mol. The van der Waals surface area contributed by atoms with Gasteiger partial charge in [0.1, 0.15) is 6.54 Å². The molecule has 0 fully saturated rings. The van der Waals surface area contributed by atoms with Gasteiger partial charge in [0.15, 0.2) is 5.65 Å². The number of carbonyl (C=O) groups excluding carboxylic acids is 1. The average Bonchev–Trinajstić information content (AvgIpc) is 2.71. The van der Waals surface area contributed by atoms with Gasteiger partial charge in [-0.2, -0.15) is 5.10 Å². The summed E-state index contributed by atoms with van der Waals surface area (Å²) in [4.78, 5) is 29.6. The Hall–Kier alpha value is -2.44. The standard InChI is InChI=1S/C15H20N4O3/c1-5-6-19(8-12(20)21)15(22)11-7-9(2)16-14-13(11)10(3)17-18(14)4/h7H,5-6,8H2,1-4H3,(H,20,21). The van der Waals surface area contributed by atoms with Crippen LogP contribution in [0.15, 0.2) is 6.07 Å². The van der Waals surface area contributed by atoms with Crippen LogP contribution in [0.3, 0.4) is 0 Å². The molecule has 118 valence electrons. The predicted octanol–water partition coefficient (Wildman–Crippen LogP) is 1.52. The van der Waals surface area contributed by atoms with Crippen molar-refractivity contribution in [1.82, 2.24) is 19.7 Å². The minimum Gasteiger partial charge on any atom is -0.480 e. The van der Waals surface area contributed by atoms with Gasteiger partial charge in [0.05, 0.1) is 16.6 Å². The highest BCUT2D eigenvalue weighted by Gasteiger charge is 2.23. The third-order valence-electron chi connectivity index (χ3n) is 3.43. The minimum atomic E-state index is -1.02. The monoisotopic (exact) mass is 304 g/mol. The molecule has 7 heteroatoms. The van der Waals surface area contributed by atoms with Crippen molar-refractivity contribution in [1.29, 1.82) is 0 Å². The number of amides is 1. The van der Waals surface area contributed by atoms with Gasteiger partial charge in [-0.05, 0) is 26.3 Å². The molecule has 1 N–H and O–H groups in total. The molecule has 0 atom stereocenters. The highest BCUT2D eigenvalue weighted by atomic mass is 16.4. The molecule has 0 aliphatic heterocycles. The van der Waals surface area contributed by atoms with Crippen LogP contribution in [0.5, 0.6) is 0 Å². The number of hydrogen-bond acceptors (Lipinski definition) is 4. The van der Waals surface area contributed by atoms with Gasteiger partial charge in [-0.15, -0.1) is 0 Å². The van der Waals surface area contributed by atoms with E-state index >= 15 is 0 Å². The predicted molar refractivity (Wildman–Crippen MR) is 81.8 cm³/mol. The van der Waals surface area contributed by atoms with Crippen molar-refractivity contribution in [3.8, 4) is 0 Å². The largest absolute Gasteiger partial charge is 0.480 e. The van der Waals surface area contributed by atoms with Gasteiger partial charge >= 0.3 is 5.97 Å². The topological polar surface area (TPSA) is 88.3 Å². The van der Waals surface area contributed by atoms with E-state index in [1.54, 1.807) is 24.7 Å². The van der Waals surface area contributed by atoms with Crippen LogP contribution < -0.4 is 0 Å². The number of carboxylic acid groups (broad SMARTS) is 1. The van der Waals surface area contributed by atoms with Gasteiger partial charge in [-0.25, -0.2) is 4.98 Å². The fraction of sp³-hybridized carbons (Fsp3) is 0.467. The summed E-state index contributed by atoms with van der Waals surface area (Å²) in [6.07, 6.45) is 0.693. The van der Waals surface area contributed by atoms with Crippen LogP contribution in [-0.2, 0) is 11.8 Å². The fourth-order valence-electron chi connectivity index (χ4n) is 2.59. The molecule has 7 nitrogen and oxygen atoms in total. The lowest BCUT2D eigenvalue weighted by Gasteiger charge is -2.20. The van der Waals surface area contributed by atoms with Crippen LogP contribution in [-0.4, -0.2) is 49.7 Å². The third-order valence-corrected chi connectivity index (χ3v) is 3.43. The summed E-state index contributed by atoms with van der Waals surface area (Å²) in [5.74, 6) is -1.32. The highest BCUT2D eigenvalue weighted by Crippen LogP contribution is 2.23. The molecule has 2 aromatic heterocycles. The van der Waals surface area contributed by atoms with Crippen LogP contribution in [0.1, 0.15) is 35.1 Å². The van der Waals surface area contributed by atoms with Crippen molar-refractivity contribution in [2.45, 2.75) is 27.2 Å². The van der Waals surface area contributed by atoms with E-state index in [0.29, 0.717) is 41.0 Å². The summed E-state index contributed by atoms with van der Waals surface area (Å²) in [7, 11) is 1.77. The maximum absolute atomic E-state index is 12.8. The minimum absolute atomic E-state index is 0.296. The summed E-state index contributed by atoms with van der Waals surface area (Å²) in [5.41, 5.74) is 2.50. The van der Waals surface area contributed by atoms with Crippen LogP contribution in [0, 0.1) is 13.8 Å². The molecule has 0 saturated carbocycles. The van der Waals surface area contributed by atoms with Crippen molar-refractivity contribution in [2.24, 2.45) is 7.05 Å². The first-order valence-electron chi connectivity index (χ1n) is 7.17. The number of aryl methyl sites for hydroxylation is 3. The van der Waals surface area contributed by atoms with E-state index in [4.69, 9.17) is 5.11 Å². The Morgan fingerprint density at radius 2 is 2.05 bits per heavy atom. The van der Waals surface area contributed by atoms with Gasteiger partial charge in [0.2, 0.25) is 0 Å². The molecule has 0 aliphatic carbocycles. The molecule has 0 aromatic carbocycles. The van der Waals surface area contributed by atoms with E-state index in [0.717, 1.165) is 0 Å². The lowest BCUT2D eigenvalue weighted by atomic mass is 10.1. The Labute approximate surface area is 128 Å². The Bertz CT molecular complexity index is 736. The molecule has 22 heavy (non-hydrogen) atoms. The first-order chi connectivity index (χ1) is 10.3. The van der Waals surface area contributed by atoms with E-state index in [2.05, 4.69) is 10.1 Å². The number of fused-ring (bicyclic) bond motifs is 1. The van der Waals surface area contributed by atoms with Gasteiger partial charge in [-0.3, -0.25) is 14.3 Å². The van der Waals surface area contributed by atoms with Crippen molar-refractivity contribution < 1.29 is 14.7 Å². The van der Waals surface area contributed by atoms with Crippen molar-refractivity contribution >= 4 is 22.9 Å². The molecule has 0 saturated heterocycles. The van der Waals surface area contributed by atoms with Crippen molar-refractivity contribution in [2.75, 3.05) is 13.1 Å². The first-order valence-corrected chi connectivity index (χ1v) is 7.17. The summed E-state index contributed by atoms with van der Waals surface area (Å²) in [6, 6.07) is 1.70. The molecule has 0 bridgehead atoms. The second kappa shape index (κ2) is 6.13. The van der Waals surface area contributed by atoms with Gasteiger partial charge < -0.3 is 10.0 Å². The molecule has 0 unspecified atom stereocenters. The quantitative estimate of drug-likeness (QED) is 0.904. The van der Waals surface area contributed by atoms with Crippen LogP contribution in [0.4, 0.5) is 0 Å². The van der Waals surface area contributed by atoms with Gasteiger partial charge in [0.25, 0.3) is 5.91 Å². The maximum atomic E-state index is 12.8. The number of pyridine rings is 1. The maximum Gasteiger partial charge on any atom is 0.323 e. The summed E-state index contributed by atoms with van der Waals surface area (Å²) in [5, 5.41) is 14.0. The highest BCUT2D eigenvalue weighted by molar-refractivity contribution is 6.07. The zero-order valence-corrected chi connectivity index (χ0v) is 13.3. The lowest BCUT2D eigenvalue weighted by molar-refractivity contribution is -0.137. The average molecular weight is 304 g/mol. The number of nitrogens with zero attached hydrogens (tertiary/aromatic N) is 4. The lowest BCUT2D eigenvalue weighted by Crippen LogP contribution is -2.36. The van der Waals surface area contributed by atoms with Gasteiger partial charge in [0, 0.05) is 19.3 Å². The number of rotatable bonds is 5. The molecule has 2 aromatic rings. The number of carbonyl (C=O) groups is 2. The molecule has 0 spiro atoms. The first kappa shape index (κ1) is 15.9. The smallest absolute Gasteiger partial charge is 0.323 e. The van der Waals surface area contributed by atoms with Crippen LogP contribution in [0.2, 0.25) is 0 Å².